The fourth-order valence-electron chi connectivity index (χ4n) is 2.19. The highest BCUT2D eigenvalue weighted by Gasteiger charge is 2.08. The minimum atomic E-state index is 0.118. The molecular weight excluding hydrogens is 254 g/mol. The van der Waals surface area contributed by atoms with Crippen molar-refractivity contribution in [2.45, 2.75) is 26.4 Å². The van der Waals surface area contributed by atoms with E-state index in [0.29, 0.717) is 5.88 Å². The summed E-state index contributed by atoms with van der Waals surface area (Å²) in [7, 11) is 0. The van der Waals surface area contributed by atoms with Crippen LogP contribution in [0.5, 0.6) is 5.88 Å². The van der Waals surface area contributed by atoms with Crippen LogP contribution in [-0.2, 0) is 0 Å². The van der Waals surface area contributed by atoms with E-state index in [1.165, 1.54) is 0 Å². The first kappa shape index (κ1) is 15.0. The van der Waals surface area contributed by atoms with E-state index in [4.69, 9.17) is 4.74 Å². The van der Waals surface area contributed by atoms with Crippen LogP contribution in [0.1, 0.15) is 20.3 Å². The van der Waals surface area contributed by atoms with E-state index in [1.54, 1.807) is 12.4 Å². The Labute approximate surface area is 120 Å². The summed E-state index contributed by atoms with van der Waals surface area (Å²) in [6.45, 7) is 10.5. The predicted molar refractivity (Wildman–Crippen MR) is 80.2 cm³/mol. The number of ether oxygens (including phenoxy) is 1. The molecule has 2 N–H and O–H groups in total. The molecule has 1 fully saturated rings. The zero-order chi connectivity index (χ0) is 14.2. The molecule has 0 saturated carbocycles. The standard InChI is InChI=1S/C14H25N5O/c1-12(2)20-14-11-16-10-13(18-14)17-4-3-7-19-8-5-15-6-9-19/h10-12,15H,3-9H2,1-2H3,(H,17,18). The van der Waals surface area contributed by atoms with Crippen molar-refractivity contribution in [1.29, 1.82) is 0 Å². The predicted octanol–water partition coefficient (Wildman–Crippen LogP) is 0.971. The zero-order valence-corrected chi connectivity index (χ0v) is 12.4. The summed E-state index contributed by atoms with van der Waals surface area (Å²) < 4.78 is 5.53. The zero-order valence-electron chi connectivity index (χ0n) is 12.4. The van der Waals surface area contributed by atoms with Gasteiger partial charge in [0.2, 0.25) is 5.88 Å². The highest BCUT2D eigenvalue weighted by Crippen LogP contribution is 2.10. The molecule has 1 saturated heterocycles. The summed E-state index contributed by atoms with van der Waals surface area (Å²) in [5.74, 6) is 1.36. The Morgan fingerprint density at radius 1 is 1.35 bits per heavy atom. The summed E-state index contributed by atoms with van der Waals surface area (Å²) in [5.41, 5.74) is 0. The molecule has 2 heterocycles. The first-order valence-corrected chi connectivity index (χ1v) is 7.39. The molecule has 0 unspecified atom stereocenters. The summed E-state index contributed by atoms with van der Waals surface area (Å²) in [4.78, 5) is 11.0. The highest BCUT2D eigenvalue weighted by molar-refractivity contribution is 5.33. The smallest absolute Gasteiger partial charge is 0.234 e. The van der Waals surface area contributed by atoms with E-state index >= 15 is 0 Å². The van der Waals surface area contributed by atoms with E-state index in [1.807, 2.05) is 13.8 Å². The number of piperazine rings is 1. The van der Waals surface area contributed by atoms with Crippen molar-refractivity contribution in [3.05, 3.63) is 12.4 Å². The monoisotopic (exact) mass is 279 g/mol. The van der Waals surface area contributed by atoms with Gasteiger partial charge in [0, 0.05) is 32.7 Å². The largest absolute Gasteiger partial charge is 0.474 e. The maximum atomic E-state index is 5.53. The molecule has 1 aliphatic rings. The summed E-state index contributed by atoms with van der Waals surface area (Å²) in [5, 5.41) is 6.67. The van der Waals surface area contributed by atoms with Gasteiger partial charge in [-0.3, -0.25) is 4.98 Å². The van der Waals surface area contributed by atoms with Crippen molar-refractivity contribution in [1.82, 2.24) is 20.2 Å². The molecule has 112 valence electrons. The molecule has 20 heavy (non-hydrogen) atoms. The third-order valence-electron chi connectivity index (χ3n) is 3.14. The van der Waals surface area contributed by atoms with Crippen molar-refractivity contribution < 1.29 is 4.74 Å². The molecule has 6 heteroatoms. The van der Waals surface area contributed by atoms with Crippen molar-refractivity contribution in [2.75, 3.05) is 44.6 Å². The molecule has 1 aromatic heterocycles. The van der Waals surface area contributed by atoms with Crippen molar-refractivity contribution in [3.8, 4) is 5.88 Å². The van der Waals surface area contributed by atoms with Gasteiger partial charge in [-0.2, -0.15) is 4.98 Å². The van der Waals surface area contributed by atoms with Gasteiger partial charge < -0.3 is 20.3 Å². The number of hydrogen-bond donors (Lipinski definition) is 2. The maximum absolute atomic E-state index is 5.53. The molecule has 0 bridgehead atoms. The first-order valence-electron chi connectivity index (χ1n) is 7.39. The Balaban J connectivity index is 1.68. The van der Waals surface area contributed by atoms with Crippen LogP contribution in [0.25, 0.3) is 0 Å². The second kappa shape index (κ2) is 8.01. The number of aromatic nitrogens is 2. The Morgan fingerprint density at radius 3 is 2.90 bits per heavy atom. The number of nitrogens with zero attached hydrogens (tertiary/aromatic N) is 3. The molecule has 1 aromatic rings. The quantitative estimate of drug-likeness (QED) is 0.725. The van der Waals surface area contributed by atoms with E-state index in [0.717, 1.165) is 51.5 Å². The summed E-state index contributed by atoms with van der Waals surface area (Å²) in [6.07, 6.45) is 4.60. The molecule has 0 aliphatic carbocycles. The number of anilines is 1. The lowest BCUT2D eigenvalue weighted by Gasteiger charge is -2.27. The molecule has 0 amide bonds. The highest BCUT2D eigenvalue weighted by atomic mass is 16.5. The average molecular weight is 279 g/mol. The molecule has 1 aliphatic heterocycles. The lowest BCUT2D eigenvalue weighted by Crippen LogP contribution is -2.44. The van der Waals surface area contributed by atoms with Crippen LogP contribution < -0.4 is 15.4 Å². The molecular formula is C14H25N5O. The Morgan fingerprint density at radius 2 is 2.15 bits per heavy atom. The van der Waals surface area contributed by atoms with Crippen molar-refractivity contribution in [2.24, 2.45) is 0 Å². The first-order chi connectivity index (χ1) is 9.74. The van der Waals surface area contributed by atoms with Crippen LogP contribution in [0.15, 0.2) is 12.4 Å². The van der Waals surface area contributed by atoms with Crippen LogP contribution in [0.3, 0.4) is 0 Å². The van der Waals surface area contributed by atoms with Gasteiger partial charge in [-0.05, 0) is 26.8 Å². The molecule has 2 rings (SSSR count). The Kier molecular flexibility index (Phi) is 6.01. The molecule has 0 aromatic carbocycles. The van der Waals surface area contributed by atoms with Crippen LogP contribution in [0.2, 0.25) is 0 Å². The van der Waals surface area contributed by atoms with Crippen LogP contribution in [0.4, 0.5) is 5.82 Å². The molecule has 6 nitrogen and oxygen atoms in total. The van der Waals surface area contributed by atoms with Gasteiger partial charge in [-0.15, -0.1) is 0 Å². The van der Waals surface area contributed by atoms with E-state index in [9.17, 15) is 0 Å². The van der Waals surface area contributed by atoms with E-state index < -0.39 is 0 Å². The number of nitrogens with one attached hydrogen (secondary N) is 2. The lowest BCUT2D eigenvalue weighted by molar-refractivity contribution is 0.232. The van der Waals surface area contributed by atoms with Gasteiger partial charge in [0.1, 0.15) is 5.82 Å². The van der Waals surface area contributed by atoms with Gasteiger partial charge >= 0.3 is 0 Å². The van der Waals surface area contributed by atoms with Crippen molar-refractivity contribution >= 4 is 5.82 Å². The molecule has 0 spiro atoms. The maximum Gasteiger partial charge on any atom is 0.234 e. The second-order valence-corrected chi connectivity index (χ2v) is 5.28. The van der Waals surface area contributed by atoms with Gasteiger partial charge in [0.25, 0.3) is 0 Å². The average Bonchev–Trinajstić information content (AvgIpc) is 2.44. The fraction of sp³-hybridized carbons (Fsp3) is 0.714. The second-order valence-electron chi connectivity index (χ2n) is 5.28. The summed E-state index contributed by atoms with van der Waals surface area (Å²) in [6, 6.07) is 0. The van der Waals surface area contributed by atoms with Gasteiger partial charge in [0.15, 0.2) is 0 Å². The number of hydrogen-bond acceptors (Lipinski definition) is 6. The minimum Gasteiger partial charge on any atom is -0.474 e. The molecule has 0 atom stereocenters. The van der Waals surface area contributed by atoms with Gasteiger partial charge in [0.05, 0.1) is 18.5 Å². The third kappa shape index (κ3) is 5.30. The lowest BCUT2D eigenvalue weighted by atomic mass is 10.3. The van der Waals surface area contributed by atoms with Crippen LogP contribution in [-0.4, -0.2) is 60.2 Å². The van der Waals surface area contributed by atoms with Crippen LogP contribution in [0, 0.1) is 0 Å². The summed E-state index contributed by atoms with van der Waals surface area (Å²) >= 11 is 0. The fourth-order valence-corrected chi connectivity index (χ4v) is 2.19. The third-order valence-corrected chi connectivity index (χ3v) is 3.14. The van der Waals surface area contributed by atoms with E-state index in [2.05, 4.69) is 25.5 Å². The van der Waals surface area contributed by atoms with Gasteiger partial charge in [-0.25, -0.2) is 0 Å². The normalized spacial score (nSPS) is 16.4. The van der Waals surface area contributed by atoms with Crippen LogP contribution >= 0.6 is 0 Å². The topological polar surface area (TPSA) is 62.3 Å². The van der Waals surface area contributed by atoms with E-state index in [-0.39, 0.29) is 6.10 Å². The number of rotatable bonds is 7. The SMILES string of the molecule is CC(C)Oc1cncc(NCCCN2CCNCC2)n1. The Hall–Kier alpha value is -1.40. The Bertz CT molecular complexity index is 393. The molecule has 0 radical (unpaired) electrons. The minimum absolute atomic E-state index is 0.118. The van der Waals surface area contributed by atoms with Gasteiger partial charge in [-0.1, -0.05) is 0 Å². The van der Waals surface area contributed by atoms with Crippen molar-refractivity contribution in [3.63, 3.8) is 0 Å².